The van der Waals surface area contributed by atoms with Crippen LogP contribution >= 0.6 is 15.9 Å². The maximum Gasteiger partial charge on any atom is 0.306 e. The molecule has 1 aliphatic heterocycles. The molecule has 1 N–H and O–H groups in total. The van der Waals surface area contributed by atoms with Gasteiger partial charge in [-0.15, -0.1) is 0 Å². The second-order valence-corrected chi connectivity index (χ2v) is 5.92. The smallest absolute Gasteiger partial charge is 0.306 e. The zero-order chi connectivity index (χ0) is 14.0. The molecule has 2 rings (SSSR count). The van der Waals surface area contributed by atoms with E-state index in [1.807, 2.05) is 18.2 Å². The third-order valence-corrected chi connectivity index (χ3v) is 4.26. The lowest BCUT2D eigenvalue weighted by molar-refractivity contribution is -0.144. The first kappa shape index (κ1) is 14.3. The molecule has 19 heavy (non-hydrogen) atoms. The molecule has 0 aromatic heterocycles. The maximum absolute atomic E-state index is 11.0. The first-order valence-electron chi connectivity index (χ1n) is 6.13. The maximum atomic E-state index is 11.0. The molecule has 0 saturated carbocycles. The fourth-order valence-corrected chi connectivity index (χ4v) is 2.96. The van der Waals surface area contributed by atoms with Crippen molar-refractivity contribution >= 4 is 21.9 Å². The number of methoxy groups -OCH3 is 1. The van der Waals surface area contributed by atoms with Gasteiger partial charge >= 0.3 is 5.97 Å². The second-order valence-electron chi connectivity index (χ2n) is 5.07. The molecule has 1 aromatic carbocycles. The Kier molecular flexibility index (Phi) is 4.16. The van der Waals surface area contributed by atoms with Crippen LogP contribution in [-0.4, -0.2) is 31.4 Å². The summed E-state index contributed by atoms with van der Waals surface area (Å²) < 4.78 is 11.4. The third-order valence-electron chi connectivity index (χ3n) is 3.64. The van der Waals surface area contributed by atoms with Gasteiger partial charge in [0.15, 0.2) is 0 Å². The van der Waals surface area contributed by atoms with Gasteiger partial charge in [0.05, 0.1) is 30.7 Å². The highest BCUT2D eigenvalue weighted by Crippen LogP contribution is 2.40. The summed E-state index contributed by atoms with van der Waals surface area (Å²) in [7, 11) is 1.62. The van der Waals surface area contributed by atoms with E-state index in [0.29, 0.717) is 19.6 Å². The topological polar surface area (TPSA) is 55.8 Å². The zero-order valence-electron chi connectivity index (χ0n) is 11.0. The summed E-state index contributed by atoms with van der Waals surface area (Å²) in [5.74, 6) is -0.381. The van der Waals surface area contributed by atoms with Crippen LogP contribution in [0.3, 0.4) is 0 Å². The molecule has 0 radical (unpaired) electrons. The summed E-state index contributed by atoms with van der Waals surface area (Å²) in [6.45, 7) is 2.88. The van der Waals surface area contributed by atoms with Crippen molar-refractivity contribution in [2.45, 2.75) is 18.8 Å². The van der Waals surface area contributed by atoms with Gasteiger partial charge < -0.3 is 14.6 Å². The van der Waals surface area contributed by atoms with Crippen molar-refractivity contribution in [1.29, 1.82) is 0 Å². The number of halogens is 1. The van der Waals surface area contributed by atoms with Crippen LogP contribution in [0.4, 0.5) is 0 Å². The Bertz CT molecular complexity index is 482. The van der Waals surface area contributed by atoms with Crippen molar-refractivity contribution in [3.8, 4) is 5.75 Å². The van der Waals surface area contributed by atoms with E-state index in [2.05, 4.69) is 15.9 Å². The molecule has 1 aromatic rings. The fourth-order valence-electron chi connectivity index (χ4n) is 2.42. The molecule has 104 valence electrons. The average molecular weight is 329 g/mol. The van der Waals surface area contributed by atoms with Crippen molar-refractivity contribution in [3.63, 3.8) is 0 Å². The van der Waals surface area contributed by atoms with Gasteiger partial charge in [-0.2, -0.15) is 0 Å². The van der Waals surface area contributed by atoms with E-state index in [0.717, 1.165) is 15.8 Å². The summed E-state index contributed by atoms with van der Waals surface area (Å²) in [6, 6.07) is 5.88. The zero-order valence-corrected chi connectivity index (χ0v) is 12.6. The lowest BCUT2D eigenvalue weighted by Crippen LogP contribution is -2.48. The van der Waals surface area contributed by atoms with Gasteiger partial charge in [0.25, 0.3) is 0 Å². The van der Waals surface area contributed by atoms with E-state index in [-0.39, 0.29) is 11.3 Å². The van der Waals surface area contributed by atoms with Gasteiger partial charge in [0, 0.05) is 5.41 Å². The molecular formula is C14H17BrO4. The Balaban J connectivity index is 2.26. The minimum absolute atomic E-state index is 0.188. The highest BCUT2D eigenvalue weighted by atomic mass is 79.9. The minimum Gasteiger partial charge on any atom is -0.496 e. The molecule has 0 amide bonds. The quantitative estimate of drug-likeness (QED) is 0.903. The summed E-state index contributed by atoms with van der Waals surface area (Å²) in [5.41, 5.74) is 0.909. The standard InChI is InChI=1S/C14H17BrO4/c1-9(13(16)17)6-14(7-19-8-14)10-3-4-12(18-2)11(15)5-10/h3-5,9H,6-8H2,1-2H3,(H,16,17). The molecule has 1 heterocycles. The van der Waals surface area contributed by atoms with Crippen LogP contribution in [0.5, 0.6) is 5.75 Å². The van der Waals surface area contributed by atoms with Gasteiger partial charge in [-0.3, -0.25) is 4.79 Å². The molecule has 5 heteroatoms. The van der Waals surface area contributed by atoms with Gasteiger partial charge in [-0.05, 0) is 40.0 Å². The van der Waals surface area contributed by atoms with Crippen molar-refractivity contribution in [3.05, 3.63) is 28.2 Å². The second kappa shape index (κ2) is 5.51. The van der Waals surface area contributed by atoms with Crippen LogP contribution in [0.25, 0.3) is 0 Å². The Hall–Kier alpha value is -1.07. The predicted octanol–water partition coefficient (Wildman–Crippen LogP) is 2.84. The summed E-state index contributed by atoms with van der Waals surface area (Å²) in [5, 5.41) is 9.08. The van der Waals surface area contributed by atoms with Crippen LogP contribution in [0.2, 0.25) is 0 Å². The minimum atomic E-state index is -0.765. The van der Waals surface area contributed by atoms with Crippen LogP contribution in [0.15, 0.2) is 22.7 Å². The van der Waals surface area contributed by atoms with Crippen LogP contribution < -0.4 is 4.74 Å². The SMILES string of the molecule is COc1ccc(C2(CC(C)C(=O)O)COC2)cc1Br. The van der Waals surface area contributed by atoms with Gasteiger partial charge in [-0.25, -0.2) is 0 Å². The Morgan fingerprint density at radius 2 is 2.26 bits per heavy atom. The summed E-state index contributed by atoms with van der Waals surface area (Å²) in [6.07, 6.45) is 0.584. The Morgan fingerprint density at radius 3 is 2.68 bits per heavy atom. The van der Waals surface area contributed by atoms with Crippen LogP contribution in [0.1, 0.15) is 18.9 Å². The third kappa shape index (κ3) is 2.77. The molecule has 1 atom stereocenters. The van der Waals surface area contributed by atoms with Gasteiger partial charge in [-0.1, -0.05) is 13.0 Å². The highest BCUT2D eigenvalue weighted by Gasteiger charge is 2.42. The fraction of sp³-hybridized carbons (Fsp3) is 0.500. The van der Waals surface area contributed by atoms with E-state index < -0.39 is 5.97 Å². The lowest BCUT2D eigenvalue weighted by Gasteiger charge is -2.43. The van der Waals surface area contributed by atoms with Crippen molar-refractivity contribution in [2.75, 3.05) is 20.3 Å². The summed E-state index contributed by atoms with van der Waals surface area (Å²) >= 11 is 3.47. The normalized spacial score (nSPS) is 18.5. The average Bonchev–Trinajstić information content (AvgIpc) is 2.33. The van der Waals surface area contributed by atoms with E-state index >= 15 is 0 Å². The predicted molar refractivity (Wildman–Crippen MR) is 74.6 cm³/mol. The summed E-state index contributed by atoms with van der Waals surface area (Å²) in [4.78, 5) is 11.0. The van der Waals surface area contributed by atoms with Crippen molar-refractivity contribution in [1.82, 2.24) is 0 Å². The number of aliphatic carboxylic acids is 1. The highest BCUT2D eigenvalue weighted by molar-refractivity contribution is 9.10. The lowest BCUT2D eigenvalue weighted by atomic mass is 9.72. The number of carboxylic acids is 1. The first-order chi connectivity index (χ1) is 8.98. The Morgan fingerprint density at radius 1 is 1.58 bits per heavy atom. The number of ether oxygens (including phenoxy) is 2. The van der Waals surface area contributed by atoms with E-state index in [4.69, 9.17) is 14.6 Å². The van der Waals surface area contributed by atoms with E-state index in [1.165, 1.54) is 0 Å². The van der Waals surface area contributed by atoms with Gasteiger partial charge in [0.2, 0.25) is 0 Å². The number of hydrogen-bond donors (Lipinski definition) is 1. The Labute approximate surface area is 120 Å². The molecule has 0 aliphatic carbocycles. The van der Waals surface area contributed by atoms with Crippen molar-refractivity contribution in [2.24, 2.45) is 5.92 Å². The molecule has 4 nitrogen and oxygen atoms in total. The molecular weight excluding hydrogens is 312 g/mol. The molecule has 0 bridgehead atoms. The van der Waals surface area contributed by atoms with Crippen LogP contribution in [-0.2, 0) is 14.9 Å². The first-order valence-corrected chi connectivity index (χ1v) is 6.92. The largest absolute Gasteiger partial charge is 0.496 e. The molecule has 1 saturated heterocycles. The monoisotopic (exact) mass is 328 g/mol. The van der Waals surface area contributed by atoms with Gasteiger partial charge in [0.1, 0.15) is 5.75 Å². The van der Waals surface area contributed by atoms with Crippen molar-refractivity contribution < 1.29 is 19.4 Å². The molecule has 1 unspecified atom stereocenters. The molecule has 1 aliphatic rings. The number of carboxylic acid groups (broad SMARTS) is 1. The molecule has 1 fully saturated rings. The number of rotatable bonds is 5. The number of benzene rings is 1. The number of hydrogen-bond acceptors (Lipinski definition) is 3. The number of carbonyl (C=O) groups is 1. The van der Waals surface area contributed by atoms with E-state index in [1.54, 1.807) is 14.0 Å². The van der Waals surface area contributed by atoms with E-state index in [9.17, 15) is 4.79 Å². The molecule has 0 spiro atoms. The van der Waals surface area contributed by atoms with Crippen LogP contribution in [0, 0.1) is 5.92 Å².